The van der Waals surface area contributed by atoms with Crippen LogP contribution in [0.2, 0.25) is 5.02 Å². The highest BCUT2D eigenvalue weighted by Gasteiger charge is 2.17. The molecule has 64 valence electrons. The molecule has 1 aliphatic rings. The molecule has 0 aromatic heterocycles. The van der Waals surface area contributed by atoms with E-state index in [0.717, 1.165) is 24.3 Å². The Morgan fingerprint density at radius 1 is 1.42 bits per heavy atom. The lowest BCUT2D eigenvalue weighted by Crippen LogP contribution is -2.17. The molecule has 0 fully saturated rings. The summed E-state index contributed by atoms with van der Waals surface area (Å²) in [5.74, 6) is 0. The van der Waals surface area contributed by atoms with Crippen molar-refractivity contribution < 1.29 is 0 Å². The van der Waals surface area contributed by atoms with Gasteiger partial charge in [0.05, 0.1) is 0 Å². The number of benzene rings is 1. The van der Waals surface area contributed by atoms with Gasteiger partial charge in [-0.15, -0.1) is 0 Å². The van der Waals surface area contributed by atoms with Gasteiger partial charge in [0.15, 0.2) is 0 Å². The Morgan fingerprint density at radius 2 is 2.25 bits per heavy atom. The molecule has 0 radical (unpaired) electrons. The quantitative estimate of drug-likeness (QED) is 0.655. The number of fused-ring (bicyclic) bond motifs is 1. The highest BCUT2D eigenvalue weighted by Crippen LogP contribution is 2.32. The highest BCUT2D eigenvalue weighted by atomic mass is 35.5. The van der Waals surface area contributed by atoms with Crippen LogP contribution in [0.3, 0.4) is 0 Å². The Labute approximate surface area is 77.5 Å². The van der Waals surface area contributed by atoms with E-state index < -0.39 is 0 Å². The molecule has 0 bridgehead atoms. The third-order valence-electron chi connectivity index (χ3n) is 2.50. The number of hydrogen-bond acceptors (Lipinski definition) is 1. The van der Waals surface area contributed by atoms with Crippen molar-refractivity contribution in [3.8, 4) is 0 Å². The highest BCUT2D eigenvalue weighted by molar-refractivity contribution is 6.31. The summed E-state index contributed by atoms with van der Waals surface area (Å²) in [5.41, 5.74) is 8.46. The van der Waals surface area contributed by atoms with E-state index >= 15 is 0 Å². The van der Waals surface area contributed by atoms with Gasteiger partial charge < -0.3 is 5.73 Å². The van der Waals surface area contributed by atoms with Crippen LogP contribution in [0, 0.1) is 0 Å². The standard InChI is InChI=1S/C10H12ClN/c11-9-5-1-4-8-7(9)3-2-6-10(8)12/h1,4-5,10H,2-3,6,12H2/t10-/m1/s1. The minimum absolute atomic E-state index is 0.201. The van der Waals surface area contributed by atoms with Gasteiger partial charge in [-0.2, -0.15) is 0 Å². The van der Waals surface area contributed by atoms with Crippen LogP contribution in [-0.4, -0.2) is 0 Å². The van der Waals surface area contributed by atoms with E-state index in [0.29, 0.717) is 0 Å². The average Bonchev–Trinajstić information content (AvgIpc) is 2.07. The van der Waals surface area contributed by atoms with Crippen molar-refractivity contribution in [1.29, 1.82) is 0 Å². The summed E-state index contributed by atoms with van der Waals surface area (Å²) in [5, 5.41) is 0.877. The maximum atomic E-state index is 6.05. The van der Waals surface area contributed by atoms with E-state index in [1.165, 1.54) is 11.1 Å². The maximum Gasteiger partial charge on any atom is 0.0441 e. The van der Waals surface area contributed by atoms with Crippen LogP contribution in [0.25, 0.3) is 0 Å². The van der Waals surface area contributed by atoms with Gasteiger partial charge in [0.2, 0.25) is 0 Å². The number of hydrogen-bond donors (Lipinski definition) is 1. The van der Waals surface area contributed by atoms with E-state index in [2.05, 4.69) is 6.07 Å². The van der Waals surface area contributed by atoms with Gasteiger partial charge in [0, 0.05) is 11.1 Å². The second kappa shape index (κ2) is 3.08. The van der Waals surface area contributed by atoms with Crippen molar-refractivity contribution in [1.82, 2.24) is 0 Å². The molecule has 12 heavy (non-hydrogen) atoms. The number of rotatable bonds is 0. The summed E-state index contributed by atoms with van der Waals surface area (Å²) >= 11 is 6.05. The molecular weight excluding hydrogens is 170 g/mol. The van der Waals surface area contributed by atoms with E-state index in [4.69, 9.17) is 17.3 Å². The van der Waals surface area contributed by atoms with Gasteiger partial charge in [-0.3, -0.25) is 0 Å². The normalized spacial score (nSPS) is 22.0. The van der Waals surface area contributed by atoms with Crippen molar-refractivity contribution in [3.63, 3.8) is 0 Å². The molecule has 1 nitrogen and oxygen atoms in total. The van der Waals surface area contributed by atoms with E-state index in [1.807, 2.05) is 12.1 Å². The summed E-state index contributed by atoms with van der Waals surface area (Å²) in [6.45, 7) is 0. The van der Waals surface area contributed by atoms with Crippen LogP contribution < -0.4 is 5.73 Å². The Bertz CT molecular complexity index is 296. The molecule has 2 rings (SSSR count). The minimum Gasteiger partial charge on any atom is -0.324 e. The third kappa shape index (κ3) is 1.23. The fourth-order valence-electron chi connectivity index (χ4n) is 1.84. The first kappa shape index (κ1) is 8.09. The van der Waals surface area contributed by atoms with Gasteiger partial charge >= 0.3 is 0 Å². The predicted molar refractivity (Wildman–Crippen MR) is 51.3 cm³/mol. The number of halogens is 1. The van der Waals surface area contributed by atoms with E-state index in [-0.39, 0.29) is 6.04 Å². The lowest BCUT2D eigenvalue weighted by atomic mass is 9.88. The van der Waals surface area contributed by atoms with Crippen LogP contribution in [0.5, 0.6) is 0 Å². The van der Waals surface area contributed by atoms with Crippen molar-refractivity contribution in [2.24, 2.45) is 5.73 Å². The molecule has 0 spiro atoms. The van der Waals surface area contributed by atoms with Crippen LogP contribution in [-0.2, 0) is 6.42 Å². The largest absolute Gasteiger partial charge is 0.324 e. The van der Waals surface area contributed by atoms with E-state index in [9.17, 15) is 0 Å². The Hall–Kier alpha value is -0.530. The van der Waals surface area contributed by atoms with Crippen LogP contribution in [0.4, 0.5) is 0 Å². The minimum atomic E-state index is 0.201. The molecule has 0 saturated carbocycles. The molecule has 0 saturated heterocycles. The van der Waals surface area contributed by atoms with Crippen LogP contribution in [0.15, 0.2) is 18.2 Å². The van der Waals surface area contributed by atoms with Crippen molar-refractivity contribution in [2.45, 2.75) is 25.3 Å². The molecule has 0 amide bonds. The van der Waals surface area contributed by atoms with Crippen molar-refractivity contribution in [2.75, 3.05) is 0 Å². The van der Waals surface area contributed by atoms with Crippen LogP contribution in [0.1, 0.15) is 30.0 Å². The van der Waals surface area contributed by atoms with Gasteiger partial charge in [0.1, 0.15) is 0 Å². The molecular formula is C10H12ClN. The Kier molecular flexibility index (Phi) is 2.07. The molecule has 2 heteroatoms. The first-order valence-electron chi connectivity index (χ1n) is 4.32. The fraction of sp³-hybridized carbons (Fsp3) is 0.400. The molecule has 1 aliphatic carbocycles. The zero-order valence-electron chi connectivity index (χ0n) is 6.89. The second-order valence-electron chi connectivity index (χ2n) is 3.31. The summed E-state index contributed by atoms with van der Waals surface area (Å²) < 4.78 is 0. The van der Waals surface area contributed by atoms with Gasteiger partial charge in [0.25, 0.3) is 0 Å². The Balaban J connectivity index is 2.52. The smallest absolute Gasteiger partial charge is 0.0441 e. The topological polar surface area (TPSA) is 26.0 Å². The molecule has 1 aromatic rings. The molecule has 2 N–H and O–H groups in total. The zero-order chi connectivity index (χ0) is 8.55. The average molecular weight is 182 g/mol. The predicted octanol–water partition coefficient (Wildman–Crippen LogP) is 2.68. The lowest BCUT2D eigenvalue weighted by Gasteiger charge is -2.22. The monoisotopic (exact) mass is 181 g/mol. The molecule has 0 aliphatic heterocycles. The Morgan fingerprint density at radius 3 is 3.00 bits per heavy atom. The second-order valence-corrected chi connectivity index (χ2v) is 3.71. The SMILES string of the molecule is N[C@@H]1CCCc2c(Cl)cccc21. The zero-order valence-corrected chi connectivity index (χ0v) is 7.64. The van der Waals surface area contributed by atoms with Crippen LogP contribution >= 0.6 is 11.6 Å². The van der Waals surface area contributed by atoms with E-state index in [1.54, 1.807) is 0 Å². The fourth-order valence-corrected chi connectivity index (χ4v) is 2.12. The molecule has 0 unspecified atom stereocenters. The first-order valence-corrected chi connectivity index (χ1v) is 4.69. The summed E-state index contributed by atoms with van der Waals surface area (Å²) in [6, 6.07) is 6.21. The molecule has 1 atom stereocenters. The summed E-state index contributed by atoms with van der Waals surface area (Å²) in [7, 11) is 0. The third-order valence-corrected chi connectivity index (χ3v) is 2.85. The van der Waals surface area contributed by atoms with Crippen molar-refractivity contribution >= 4 is 11.6 Å². The summed E-state index contributed by atoms with van der Waals surface area (Å²) in [4.78, 5) is 0. The van der Waals surface area contributed by atoms with Crippen molar-refractivity contribution in [3.05, 3.63) is 34.3 Å². The molecule has 1 aromatic carbocycles. The number of nitrogens with two attached hydrogens (primary N) is 1. The first-order chi connectivity index (χ1) is 5.79. The maximum absolute atomic E-state index is 6.05. The van der Waals surface area contributed by atoms with Gasteiger partial charge in [-0.25, -0.2) is 0 Å². The molecule has 0 heterocycles. The summed E-state index contributed by atoms with van der Waals surface area (Å²) in [6.07, 6.45) is 3.34. The van der Waals surface area contributed by atoms with Gasteiger partial charge in [-0.05, 0) is 36.5 Å². The lowest BCUT2D eigenvalue weighted by molar-refractivity contribution is 0.570. The van der Waals surface area contributed by atoms with Gasteiger partial charge in [-0.1, -0.05) is 23.7 Å².